The van der Waals surface area contributed by atoms with Gasteiger partial charge in [-0.15, -0.1) is 0 Å². The van der Waals surface area contributed by atoms with Gasteiger partial charge < -0.3 is 15.8 Å². The maximum Gasteiger partial charge on any atom is 0.166 e. The number of fused-ring (bicyclic) bond motifs is 1. The fourth-order valence-electron chi connectivity index (χ4n) is 1.89. The van der Waals surface area contributed by atoms with E-state index in [4.69, 9.17) is 10.8 Å². The molecule has 0 aliphatic heterocycles. The van der Waals surface area contributed by atoms with Crippen molar-refractivity contribution in [3.05, 3.63) is 23.8 Å². The van der Waals surface area contributed by atoms with Crippen LogP contribution in [0.25, 0.3) is 11.0 Å². The third kappa shape index (κ3) is 3.96. The number of nitrogens with zero attached hydrogens (tertiary/aromatic N) is 1. The van der Waals surface area contributed by atoms with Gasteiger partial charge in [0.05, 0.1) is 17.6 Å². The molecule has 0 aliphatic rings. The third-order valence-corrected chi connectivity index (χ3v) is 4.07. The average Bonchev–Trinajstić information content (AvgIpc) is 2.76. The molecule has 5 heteroatoms. The number of benzene rings is 1. The van der Waals surface area contributed by atoms with Gasteiger partial charge >= 0.3 is 0 Å². The van der Waals surface area contributed by atoms with Crippen LogP contribution in [0.5, 0.6) is 0 Å². The largest absolute Gasteiger partial charge is 0.394 e. The van der Waals surface area contributed by atoms with Gasteiger partial charge in [-0.2, -0.15) is 0 Å². The highest BCUT2D eigenvalue weighted by Crippen LogP contribution is 2.22. The molecule has 1 aromatic heterocycles. The number of thioether (sulfide) groups is 1. The van der Waals surface area contributed by atoms with E-state index in [2.05, 4.69) is 29.0 Å². The van der Waals surface area contributed by atoms with Crippen molar-refractivity contribution in [3.63, 3.8) is 0 Å². The van der Waals surface area contributed by atoms with Crippen LogP contribution in [0.2, 0.25) is 0 Å². The summed E-state index contributed by atoms with van der Waals surface area (Å²) in [6.07, 6.45) is 1.78. The monoisotopic (exact) mass is 279 g/mol. The summed E-state index contributed by atoms with van der Waals surface area (Å²) in [6, 6.07) is 6.21. The van der Waals surface area contributed by atoms with E-state index < -0.39 is 5.54 Å². The molecule has 0 amide bonds. The van der Waals surface area contributed by atoms with Crippen LogP contribution in [0.3, 0.4) is 0 Å². The molecule has 0 aliphatic carbocycles. The molecule has 0 spiro atoms. The molecule has 0 radical (unpaired) electrons. The number of nitrogens with two attached hydrogens (primary N) is 1. The van der Waals surface area contributed by atoms with Gasteiger partial charge in [0.1, 0.15) is 0 Å². The molecule has 0 saturated heterocycles. The first-order valence-corrected chi connectivity index (χ1v) is 7.48. The standard InChI is InChI=1S/C14H21N3OS/c1-10-4-5-11-12(8-10)17-13(16-11)19-7-3-6-14(2,15)9-18/h4-5,8,18H,3,6-7,9,15H2,1-2H3,(H,16,17). The van der Waals surface area contributed by atoms with Crippen LogP contribution >= 0.6 is 11.8 Å². The van der Waals surface area contributed by atoms with Crippen LogP contribution in [0.4, 0.5) is 0 Å². The lowest BCUT2D eigenvalue weighted by molar-refractivity contribution is 0.200. The van der Waals surface area contributed by atoms with Crippen molar-refractivity contribution >= 4 is 22.8 Å². The predicted molar refractivity (Wildman–Crippen MR) is 80.5 cm³/mol. The van der Waals surface area contributed by atoms with Gasteiger partial charge in [0, 0.05) is 11.3 Å². The number of aliphatic hydroxyl groups is 1. The van der Waals surface area contributed by atoms with Gasteiger partial charge in [0.15, 0.2) is 5.16 Å². The Morgan fingerprint density at radius 1 is 1.47 bits per heavy atom. The minimum absolute atomic E-state index is 0.0293. The van der Waals surface area contributed by atoms with E-state index in [9.17, 15) is 0 Å². The smallest absolute Gasteiger partial charge is 0.166 e. The number of aromatic amines is 1. The van der Waals surface area contributed by atoms with Gasteiger partial charge in [-0.1, -0.05) is 17.8 Å². The van der Waals surface area contributed by atoms with Crippen molar-refractivity contribution in [2.45, 2.75) is 37.4 Å². The summed E-state index contributed by atoms with van der Waals surface area (Å²) < 4.78 is 0. The fraction of sp³-hybridized carbons (Fsp3) is 0.500. The molecular formula is C14H21N3OS. The van der Waals surface area contributed by atoms with Gasteiger partial charge in [-0.25, -0.2) is 4.98 Å². The Hall–Kier alpha value is -1.04. The van der Waals surface area contributed by atoms with Crippen molar-refractivity contribution in [1.29, 1.82) is 0 Å². The second kappa shape index (κ2) is 5.94. The molecule has 19 heavy (non-hydrogen) atoms. The Morgan fingerprint density at radius 3 is 3.00 bits per heavy atom. The maximum absolute atomic E-state index is 9.08. The summed E-state index contributed by atoms with van der Waals surface area (Å²) in [5.41, 5.74) is 8.75. The van der Waals surface area contributed by atoms with Gasteiger partial charge in [-0.3, -0.25) is 0 Å². The van der Waals surface area contributed by atoms with Crippen LogP contribution in [-0.4, -0.2) is 33.0 Å². The van der Waals surface area contributed by atoms with Gasteiger partial charge in [0.25, 0.3) is 0 Å². The number of hydrogen-bond donors (Lipinski definition) is 3. The molecule has 0 bridgehead atoms. The summed E-state index contributed by atoms with van der Waals surface area (Å²) in [4.78, 5) is 7.85. The zero-order chi connectivity index (χ0) is 13.9. The van der Waals surface area contributed by atoms with Crippen molar-refractivity contribution in [3.8, 4) is 0 Å². The highest BCUT2D eigenvalue weighted by molar-refractivity contribution is 7.99. The van der Waals surface area contributed by atoms with Crippen molar-refractivity contribution in [2.24, 2.45) is 5.73 Å². The zero-order valence-electron chi connectivity index (χ0n) is 11.4. The van der Waals surface area contributed by atoms with E-state index in [1.807, 2.05) is 13.0 Å². The lowest BCUT2D eigenvalue weighted by atomic mass is 9.99. The van der Waals surface area contributed by atoms with E-state index >= 15 is 0 Å². The summed E-state index contributed by atoms with van der Waals surface area (Å²) in [6.45, 7) is 3.98. The van der Waals surface area contributed by atoms with Crippen LogP contribution < -0.4 is 5.73 Å². The molecule has 104 valence electrons. The molecule has 2 aromatic rings. The summed E-state index contributed by atoms with van der Waals surface area (Å²) in [7, 11) is 0. The predicted octanol–water partition coefficient (Wildman–Crippen LogP) is 2.45. The van der Waals surface area contributed by atoms with Gasteiger partial charge in [-0.05, 0) is 44.4 Å². The van der Waals surface area contributed by atoms with Crippen LogP contribution in [0.1, 0.15) is 25.3 Å². The van der Waals surface area contributed by atoms with Crippen molar-refractivity contribution in [1.82, 2.24) is 9.97 Å². The number of aliphatic hydroxyl groups excluding tert-OH is 1. The van der Waals surface area contributed by atoms with Crippen molar-refractivity contribution in [2.75, 3.05) is 12.4 Å². The molecule has 1 unspecified atom stereocenters. The summed E-state index contributed by atoms with van der Waals surface area (Å²) in [5.74, 6) is 0.950. The Labute approximate surface area is 117 Å². The van der Waals surface area contributed by atoms with E-state index in [1.54, 1.807) is 11.8 Å². The number of nitrogens with one attached hydrogen (secondary N) is 1. The van der Waals surface area contributed by atoms with Crippen molar-refractivity contribution < 1.29 is 5.11 Å². The fourth-order valence-corrected chi connectivity index (χ4v) is 2.72. The Kier molecular flexibility index (Phi) is 4.50. The average molecular weight is 279 g/mol. The quantitative estimate of drug-likeness (QED) is 0.561. The molecule has 4 nitrogen and oxygen atoms in total. The number of hydrogen-bond acceptors (Lipinski definition) is 4. The first kappa shape index (κ1) is 14.4. The van der Waals surface area contributed by atoms with Crippen LogP contribution in [0.15, 0.2) is 23.4 Å². The molecule has 4 N–H and O–H groups in total. The van der Waals surface area contributed by atoms with E-state index in [-0.39, 0.29) is 6.61 Å². The number of H-pyrrole nitrogens is 1. The topological polar surface area (TPSA) is 74.9 Å². The second-order valence-electron chi connectivity index (χ2n) is 5.33. The molecule has 0 saturated carbocycles. The summed E-state index contributed by atoms with van der Waals surface area (Å²) in [5, 5.41) is 10.0. The normalized spacial score (nSPS) is 14.7. The second-order valence-corrected chi connectivity index (χ2v) is 6.41. The van der Waals surface area contributed by atoms with Gasteiger partial charge in [0.2, 0.25) is 0 Å². The highest BCUT2D eigenvalue weighted by Gasteiger charge is 2.16. The molecule has 1 aromatic carbocycles. The molecular weight excluding hydrogens is 258 g/mol. The first-order chi connectivity index (χ1) is 9.00. The third-order valence-electron chi connectivity index (χ3n) is 3.11. The Bertz CT molecular complexity index is 551. The summed E-state index contributed by atoms with van der Waals surface area (Å²) >= 11 is 1.70. The lowest BCUT2D eigenvalue weighted by Gasteiger charge is -2.20. The minimum Gasteiger partial charge on any atom is -0.394 e. The SMILES string of the molecule is Cc1ccc2nc(SCCCC(C)(N)CO)[nH]c2c1. The van der Waals surface area contributed by atoms with E-state index in [0.717, 1.165) is 34.8 Å². The lowest BCUT2D eigenvalue weighted by Crippen LogP contribution is -2.40. The van der Waals surface area contributed by atoms with Crippen LogP contribution in [-0.2, 0) is 0 Å². The zero-order valence-corrected chi connectivity index (χ0v) is 12.3. The Morgan fingerprint density at radius 2 is 2.26 bits per heavy atom. The first-order valence-electron chi connectivity index (χ1n) is 6.49. The molecule has 2 rings (SSSR count). The Balaban J connectivity index is 1.88. The van der Waals surface area contributed by atoms with E-state index in [0.29, 0.717) is 0 Å². The molecule has 0 fully saturated rings. The van der Waals surface area contributed by atoms with Crippen LogP contribution in [0, 0.1) is 6.92 Å². The number of imidazole rings is 1. The maximum atomic E-state index is 9.08. The minimum atomic E-state index is -0.467. The number of aryl methyl sites for hydroxylation is 1. The van der Waals surface area contributed by atoms with E-state index in [1.165, 1.54) is 5.56 Å². The molecule has 1 atom stereocenters. The molecule has 1 heterocycles. The number of rotatable bonds is 6. The highest BCUT2D eigenvalue weighted by atomic mass is 32.2. The number of aromatic nitrogens is 2.